The first-order chi connectivity index (χ1) is 5.91. The molecule has 0 fully saturated rings. The molecule has 13 heavy (non-hydrogen) atoms. The molecule has 1 rings (SSSR count). The van der Waals surface area contributed by atoms with Gasteiger partial charge in [-0.1, -0.05) is 3.97 Å². The molecule has 7 heteroatoms. The fourth-order valence-electron chi connectivity index (χ4n) is 0.709. The molecule has 70 valence electrons. The minimum absolute atomic E-state index is 0.0556. The zero-order chi connectivity index (χ0) is 10.1. The molecule has 6 nitrogen and oxygen atoms in total. The molecule has 0 aliphatic carbocycles. The number of pyridine rings is 1. The number of carboxylic acids is 1. The SMILES string of the molecule is O=C(O)c1cc[n+](S(=O)(=O)O)cc1. The van der Waals surface area contributed by atoms with Crippen LogP contribution in [0.25, 0.3) is 0 Å². The van der Waals surface area contributed by atoms with Crippen LogP contribution in [0.5, 0.6) is 0 Å². The summed E-state index contributed by atoms with van der Waals surface area (Å²) in [4.78, 5) is 10.3. The maximum absolute atomic E-state index is 10.5. The van der Waals surface area contributed by atoms with Gasteiger partial charge in [0.05, 0.1) is 5.56 Å². The van der Waals surface area contributed by atoms with Crippen LogP contribution in [0.15, 0.2) is 24.5 Å². The Labute approximate surface area is 73.9 Å². The quantitative estimate of drug-likeness (QED) is 0.491. The summed E-state index contributed by atoms with van der Waals surface area (Å²) in [7, 11) is -4.32. The highest BCUT2D eigenvalue weighted by Crippen LogP contribution is 1.94. The van der Waals surface area contributed by atoms with Crippen molar-refractivity contribution in [1.29, 1.82) is 0 Å². The summed E-state index contributed by atoms with van der Waals surface area (Å²) in [5.74, 6) is -1.16. The van der Waals surface area contributed by atoms with Gasteiger partial charge in [-0.15, -0.1) is 8.42 Å². The second kappa shape index (κ2) is 3.11. The van der Waals surface area contributed by atoms with Crippen molar-refractivity contribution in [3.8, 4) is 0 Å². The Hall–Kier alpha value is -1.47. The van der Waals surface area contributed by atoms with E-state index in [2.05, 4.69) is 0 Å². The first-order valence-electron chi connectivity index (χ1n) is 3.14. The van der Waals surface area contributed by atoms with Crippen LogP contribution >= 0.6 is 0 Å². The van der Waals surface area contributed by atoms with Crippen molar-refractivity contribution < 1.29 is 26.8 Å². The number of aromatic nitrogens is 1. The van der Waals surface area contributed by atoms with Crippen LogP contribution in [0.1, 0.15) is 10.4 Å². The number of nitrogens with zero attached hydrogens (tertiary/aromatic N) is 1. The molecule has 0 aliphatic heterocycles. The second-order valence-electron chi connectivity index (χ2n) is 2.20. The van der Waals surface area contributed by atoms with E-state index in [4.69, 9.17) is 9.66 Å². The van der Waals surface area contributed by atoms with Crippen molar-refractivity contribution in [2.24, 2.45) is 0 Å². The van der Waals surface area contributed by atoms with E-state index < -0.39 is 16.3 Å². The Kier molecular flexibility index (Phi) is 2.30. The minimum atomic E-state index is -4.32. The Morgan fingerprint density at radius 1 is 1.31 bits per heavy atom. The molecule has 0 radical (unpaired) electrons. The van der Waals surface area contributed by atoms with E-state index in [1.807, 2.05) is 0 Å². The van der Waals surface area contributed by atoms with Gasteiger partial charge >= 0.3 is 16.3 Å². The standard InChI is InChI=1S/C6H5NO5S/c8-6(9)5-1-3-7(4-2-5)13(10,11)12/h1-4H,(H-,8,9,10,11,12)/p+1. The van der Waals surface area contributed by atoms with Gasteiger partial charge in [0, 0.05) is 12.1 Å². The predicted octanol–water partition coefficient (Wildman–Crippen LogP) is -0.677. The highest BCUT2D eigenvalue weighted by Gasteiger charge is 2.17. The van der Waals surface area contributed by atoms with E-state index >= 15 is 0 Å². The fourth-order valence-corrected chi connectivity index (χ4v) is 1.14. The maximum Gasteiger partial charge on any atom is 0.511 e. The average molecular weight is 204 g/mol. The minimum Gasteiger partial charge on any atom is -0.478 e. The fraction of sp³-hybridized carbons (Fsp3) is 0. The van der Waals surface area contributed by atoms with Gasteiger partial charge in [0.15, 0.2) is 12.4 Å². The predicted molar refractivity (Wildman–Crippen MR) is 40.5 cm³/mol. The molecule has 1 aromatic heterocycles. The number of carbonyl (C=O) groups is 1. The third-order valence-corrected chi connectivity index (χ3v) is 2.09. The van der Waals surface area contributed by atoms with Crippen LogP contribution in [0.3, 0.4) is 0 Å². The molecule has 2 N–H and O–H groups in total. The van der Waals surface area contributed by atoms with E-state index in [0.717, 1.165) is 24.5 Å². The summed E-state index contributed by atoms with van der Waals surface area (Å²) in [5.41, 5.74) is -0.0556. The Balaban J connectivity index is 3.16. The zero-order valence-electron chi connectivity index (χ0n) is 6.28. The molecule has 0 amide bonds. The molecule has 0 saturated heterocycles. The molecule has 1 aromatic rings. The van der Waals surface area contributed by atoms with Crippen molar-refractivity contribution in [2.75, 3.05) is 0 Å². The highest BCUT2D eigenvalue weighted by atomic mass is 32.2. The second-order valence-corrected chi connectivity index (χ2v) is 3.52. The lowest BCUT2D eigenvalue weighted by Crippen LogP contribution is -2.41. The maximum atomic E-state index is 10.5. The normalized spacial score (nSPS) is 11.2. The van der Waals surface area contributed by atoms with Crippen molar-refractivity contribution in [3.63, 3.8) is 0 Å². The van der Waals surface area contributed by atoms with E-state index in [1.165, 1.54) is 0 Å². The van der Waals surface area contributed by atoms with Crippen LogP contribution < -0.4 is 3.97 Å². The number of hydrogen-bond donors (Lipinski definition) is 2. The van der Waals surface area contributed by atoms with Crippen molar-refractivity contribution >= 4 is 16.3 Å². The van der Waals surface area contributed by atoms with Gasteiger partial charge in [-0.2, -0.15) is 0 Å². The van der Waals surface area contributed by atoms with Crippen LogP contribution in [-0.2, 0) is 10.3 Å². The van der Waals surface area contributed by atoms with E-state index in [-0.39, 0.29) is 5.56 Å². The van der Waals surface area contributed by atoms with E-state index in [1.54, 1.807) is 0 Å². The van der Waals surface area contributed by atoms with Crippen molar-refractivity contribution in [3.05, 3.63) is 30.1 Å². The Bertz CT molecular complexity index is 421. The lowest BCUT2D eigenvalue weighted by Gasteiger charge is -1.91. The highest BCUT2D eigenvalue weighted by molar-refractivity contribution is 7.79. The van der Waals surface area contributed by atoms with Gasteiger partial charge < -0.3 is 5.11 Å². The Morgan fingerprint density at radius 3 is 2.08 bits per heavy atom. The average Bonchev–Trinajstić information content (AvgIpc) is 2.03. The van der Waals surface area contributed by atoms with Crippen LogP contribution in [0.4, 0.5) is 0 Å². The molecule has 0 saturated carbocycles. The Morgan fingerprint density at radius 2 is 1.77 bits per heavy atom. The molecule has 1 heterocycles. The largest absolute Gasteiger partial charge is 0.511 e. The van der Waals surface area contributed by atoms with E-state index in [0.29, 0.717) is 3.97 Å². The first kappa shape index (κ1) is 9.62. The van der Waals surface area contributed by atoms with Gasteiger partial charge in [-0.25, -0.2) is 9.35 Å². The third kappa shape index (κ3) is 2.23. The summed E-state index contributed by atoms with van der Waals surface area (Å²) in [5, 5.41) is 8.46. The van der Waals surface area contributed by atoms with Gasteiger partial charge in [0.1, 0.15) is 0 Å². The van der Waals surface area contributed by atoms with Crippen molar-refractivity contribution in [2.45, 2.75) is 0 Å². The van der Waals surface area contributed by atoms with E-state index in [9.17, 15) is 13.2 Å². The number of hydrogen-bond acceptors (Lipinski definition) is 3. The smallest absolute Gasteiger partial charge is 0.478 e. The molecular formula is C6H6NO5S+. The molecule has 0 unspecified atom stereocenters. The summed E-state index contributed by atoms with van der Waals surface area (Å²) >= 11 is 0. The molecule has 0 aromatic carbocycles. The van der Waals surface area contributed by atoms with Crippen LogP contribution in [0, 0.1) is 0 Å². The van der Waals surface area contributed by atoms with Gasteiger partial charge in [-0.05, 0) is 0 Å². The van der Waals surface area contributed by atoms with Crippen molar-refractivity contribution in [1.82, 2.24) is 0 Å². The lowest BCUT2D eigenvalue weighted by atomic mass is 10.3. The molecule has 0 bridgehead atoms. The van der Waals surface area contributed by atoms with Gasteiger partial charge in [-0.3, -0.25) is 0 Å². The summed E-state index contributed by atoms with van der Waals surface area (Å²) in [6.07, 6.45) is 1.89. The molecule has 0 spiro atoms. The first-order valence-corrected chi connectivity index (χ1v) is 4.53. The molecular weight excluding hydrogens is 198 g/mol. The molecule has 0 aliphatic rings. The summed E-state index contributed by atoms with van der Waals surface area (Å²) in [6, 6.07) is 2.13. The number of carboxylic acid groups (broad SMARTS) is 1. The van der Waals surface area contributed by atoms with Crippen LogP contribution in [0.2, 0.25) is 0 Å². The third-order valence-electron chi connectivity index (χ3n) is 1.32. The summed E-state index contributed by atoms with van der Waals surface area (Å²) in [6.45, 7) is 0. The zero-order valence-corrected chi connectivity index (χ0v) is 7.10. The van der Waals surface area contributed by atoms with Crippen LogP contribution in [-0.4, -0.2) is 24.0 Å². The van der Waals surface area contributed by atoms with Gasteiger partial charge in [0.25, 0.3) is 0 Å². The number of rotatable bonds is 2. The number of aromatic carboxylic acids is 1. The lowest BCUT2D eigenvalue weighted by molar-refractivity contribution is -0.519. The van der Waals surface area contributed by atoms with Gasteiger partial charge in [0.2, 0.25) is 0 Å². The topological polar surface area (TPSA) is 95.5 Å². The summed E-state index contributed by atoms with van der Waals surface area (Å²) < 4.78 is 30.0. The molecule has 0 atom stereocenters. The monoisotopic (exact) mass is 204 g/mol.